The Labute approximate surface area is 240 Å². The van der Waals surface area contributed by atoms with Crippen LogP contribution in [0.1, 0.15) is 50.3 Å². The normalized spacial score (nSPS) is 18.6. The van der Waals surface area contributed by atoms with Crippen molar-refractivity contribution < 1.29 is 17.9 Å². The number of rotatable bonds is 11. The summed E-state index contributed by atoms with van der Waals surface area (Å²) in [6, 6.07) is 1.30. The van der Waals surface area contributed by atoms with E-state index in [1.54, 1.807) is 6.07 Å². The Morgan fingerprint density at radius 3 is 2.51 bits per heavy atom. The summed E-state index contributed by atoms with van der Waals surface area (Å²) in [6.45, 7) is 11.9. The third-order valence-corrected chi connectivity index (χ3v) is 9.68. The van der Waals surface area contributed by atoms with Gasteiger partial charge in [0.15, 0.2) is 5.52 Å². The van der Waals surface area contributed by atoms with Crippen molar-refractivity contribution in [2.75, 3.05) is 65.6 Å². The zero-order chi connectivity index (χ0) is 29.0. The largest absolute Gasteiger partial charge is 0.478 e. The molecule has 2 N–H and O–H groups in total. The number of piperazine rings is 1. The maximum absolute atomic E-state index is 13.7. The number of hydrogen-bond acceptors (Lipinski definition) is 10. The van der Waals surface area contributed by atoms with Crippen molar-refractivity contribution in [3.63, 3.8) is 0 Å². The van der Waals surface area contributed by atoms with Crippen LogP contribution < -0.4 is 10.3 Å². The van der Waals surface area contributed by atoms with Crippen molar-refractivity contribution in [3.05, 3.63) is 39.7 Å². The SMILES string of the molecule is CCCc1[nH]nc2c(=O)[nH]c(C(Cc3cc(S(=O)(=O)N4CCN(CC)CC4)cnc3OCC)N3CCOCC3)nc12. The number of hydrogen-bond donors (Lipinski definition) is 2. The Hall–Kier alpha value is -2.91. The van der Waals surface area contributed by atoms with E-state index in [-0.39, 0.29) is 22.0 Å². The van der Waals surface area contributed by atoms with E-state index in [4.69, 9.17) is 14.5 Å². The summed E-state index contributed by atoms with van der Waals surface area (Å²) >= 11 is 0. The first-order valence-electron chi connectivity index (χ1n) is 14.5. The monoisotopic (exact) mass is 588 g/mol. The maximum Gasteiger partial charge on any atom is 0.279 e. The Morgan fingerprint density at radius 1 is 1.07 bits per heavy atom. The number of ether oxygens (including phenoxy) is 2. The number of morpholine rings is 1. The summed E-state index contributed by atoms with van der Waals surface area (Å²) < 4.78 is 40.3. The third kappa shape index (κ3) is 6.31. The predicted molar refractivity (Wildman–Crippen MR) is 154 cm³/mol. The van der Waals surface area contributed by atoms with Gasteiger partial charge in [0.2, 0.25) is 15.9 Å². The Morgan fingerprint density at radius 2 is 1.83 bits per heavy atom. The smallest absolute Gasteiger partial charge is 0.279 e. The topological polar surface area (TPSA) is 150 Å². The van der Waals surface area contributed by atoms with Crippen LogP contribution in [-0.4, -0.2) is 113 Å². The van der Waals surface area contributed by atoms with E-state index in [1.165, 1.54) is 10.5 Å². The highest BCUT2D eigenvalue weighted by Crippen LogP contribution is 2.30. The van der Waals surface area contributed by atoms with Crippen LogP contribution in [0, 0.1) is 0 Å². The molecule has 2 saturated heterocycles. The van der Waals surface area contributed by atoms with Crippen LogP contribution in [0.4, 0.5) is 0 Å². The highest BCUT2D eigenvalue weighted by molar-refractivity contribution is 7.89. The first-order valence-corrected chi connectivity index (χ1v) is 15.9. The van der Waals surface area contributed by atoms with Crippen LogP contribution in [0.2, 0.25) is 0 Å². The predicted octanol–water partition coefficient (Wildman–Crippen LogP) is 1.33. The van der Waals surface area contributed by atoms with Crippen molar-refractivity contribution in [2.45, 2.75) is 51.0 Å². The summed E-state index contributed by atoms with van der Waals surface area (Å²) in [7, 11) is -3.74. The molecule has 5 rings (SSSR count). The molecule has 0 aromatic carbocycles. The molecule has 5 heterocycles. The summed E-state index contributed by atoms with van der Waals surface area (Å²) in [5, 5.41) is 7.16. The van der Waals surface area contributed by atoms with Gasteiger partial charge in [0.05, 0.1) is 37.8 Å². The second-order valence-electron chi connectivity index (χ2n) is 10.4. The van der Waals surface area contributed by atoms with Gasteiger partial charge in [-0.3, -0.25) is 14.8 Å². The van der Waals surface area contributed by atoms with Crippen molar-refractivity contribution >= 4 is 21.1 Å². The molecular formula is C27H40N8O5S. The standard InChI is InChI=1S/C27H40N8O5S/c1-4-7-21-23-24(32-31-21)26(36)30-25(29-23)22(34-12-14-39-15-13-34)17-19-16-20(18-28-27(19)40-6-3)41(37,38)35-10-8-33(5-2)9-11-35/h16,18,22H,4-15,17H2,1-3H3,(H,31,32)(H,29,30,36). The van der Waals surface area contributed by atoms with Crippen molar-refractivity contribution in [2.24, 2.45) is 0 Å². The van der Waals surface area contributed by atoms with Gasteiger partial charge in [-0.25, -0.2) is 18.4 Å². The van der Waals surface area contributed by atoms with Gasteiger partial charge in [0.1, 0.15) is 16.2 Å². The molecule has 0 bridgehead atoms. The molecule has 3 aromatic heterocycles. The Balaban J connectivity index is 1.54. The molecule has 14 heteroatoms. The fourth-order valence-corrected chi connectivity index (χ4v) is 6.94. The van der Waals surface area contributed by atoms with Gasteiger partial charge in [-0.15, -0.1) is 0 Å². The minimum atomic E-state index is -3.74. The summed E-state index contributed by atoms with van der Waals surface area (Å²) in [5.41, 5.74) is 2.00. The number of aryl methyl sites for hydroxylation is 1. The number of H-pyrrole nitrogens is 2. The van der Waals surface area contributed by atoms with Gasteiger partial charge >= 0.3 is 0 Å². The van der Waals surface area contributed by atoms with Crippen molar-refractivity contribution in [1.29, 1.82) is 0 Å². The maximum atomic E-state index is 13.7. The van der Waals surface area contributed by atoms with Crippen molar-refractivity contribution in [1.82, 2.24) is 39.3 Å². The lowest BCUT2D eigenvalue weighted by Crippen LogP contribution is -2.48. The lowest BCUT2D eigenvalue weighted by molar-refractivity contribution is 0.0141. The van der Waals surface area contributed by atoms with E-state index in [1.807, 2.05) is 6.92 Å². The van der Waals surface area contributed by atoms with E-state index >= 15 is 0 Å². The van der Waals surface area contributed by atoms with Gasteiger partial charge in [-0.2, -0.15) is 9.40 Å². The summed E-state index contributed by atoms with van der Waals surface area (Å²) in [4.78, 5) is 30.0. The number of nitrogens with one attached hydrogen (secondary N) is 2. The van der Waals surface area contributed by atoms with Crippen LogP contribution in [0.15, 0.2) is 22.0 Å². The highest BCUT2D eigenvalue weighted by atomic mass is 32.2. The van der Waals surface area contributed by atoms with Crippen molar-refractivity contribution in [3.8, 4) is 5.88 Å². The van der Waals surface area contributed by atoms with Gasteiger partial charge in [-0.05, 0) is 26.0 Å². The molecule has 1 atom stereocenters. The zero-order valence-electron chi connectivity index (χ0n) is 24.1. The molecule has 0 saturated carbocycles. The van der Waals surface area contributed by atoms with E-state index in [2.05, 4.69) is 43.8 Å². The van der Waals surface area contributed by atoms with Gasteiger partial charge in [-0.1, -0.05) is 20.3 Å². The lowest BCUT2D eigenvalue weighted by Gasteiger charge is -2.34. The minimum absolute atomic E-state index is 0.138. The average molecular weight is 589 g/mol. The zero-order valence-corrected chi connectivity index (χ0v) is 24.9. The number of aromatic nitrogens is 5. The molecular weight excluding hydrogens is 548 g/mol. The quantitative estimate of drug-likeness (QED) is 0.336. The molecule has 0 amide bonds. The third-order valence-electron chi connectivity index (χ3n) is 7.81. The average Bonchev–Trinajstić information content (AvgIpc) is 3.40. The lowest BCUT2D eigenvalue weighted by atomic mass is 10.0. The summed E-state index contributed by atoms with van der Waals surface area (Å²) in [6.07, 6.45) is 3.32. The summed E-state index contributed by atoms with van der Waals surface area (Å²) in [5.74, 6) is 0.869. The van der Waals surface area contributed by atoms with E-state index < -0.39 is 10.0 Å². The molecule has 41 heavy (non-hydrogen) atoms. The molecule has 2 aliphatic rings. The Bertz CT molecular complexity index is 1490. The number of fused-ring (bicyclic) bond motifs is 1. The number of nitrogens with zero attached hydrogens (tertiary/aromatic N) is 6. The van der Waals surface area contributed by atoms with Crippen LogP contribution >= 0.6 is 0 Å². The number of sulfonamides is 1. The van der Waals surface area contributed by atoms with Crippen LogP contribution in [0.25, 0.3) is 11.0 Å². The fraction of sp³-hybridized carbons (Fsp3) is 0.630. The van der Waals surface area contributed by atoms with E-state index in [0.717, 1.165) is 25.1 Å². The fourth-order valence-electron chi connectivity index (χ4n) is 5.52. The Kier molecular flexibility index (Phi) is 9.34. The number of likely N-dealkylation sites (N-methyl/N-ethyl adjacent to an activating group) is 1. The minimum Gasteiger partial charge on any atom is -0.478 e. The first kappa shape index (κ1) is 29.6. The van der Waals surface area contributed by atoms with Gasteiger partial charge in [0.25, 0.3) is 5.56 Å². The first-order chi connectivity index (χ1) is 19.8. The molecule has 1 unspecified atom stereocenters. The molecule has 3 aromatic rings. The number of pyridine rings is 1. The number of aromatic amines is 2. The van der Waals surface area contributed by atoms with Gasteiger partial charge < -0.3 is 19.4 Å². The molecule has 2 aliphatic heterocycles. The van der Waals surface area contributed by atoms with Crippen LogP contribution in [0.5, 0.6) is 5.88 Å². The highest BCUT2D eigenvalue weighted by Gasteiger charge is 2.32. The van der Waals surface area contributed by atoms with E-state index in [9.17, 15) is 13.2 Å². The molecule has 0 spiro atoms. The molecule has 0 aliphatic carbocycles. The van der Waals surface area contributed by atoms with Crippen LogP contribution in [-0.2, 0) is 27.6 Å². The van der Waals surface area contributed by atoms with Crippen LogP contribution in [0.3, 0.4) is 0 Å². The van der Waals surface area contributed by atoms with Gasteiger partial charge in [0, 0.05) is 51.3 Å². The molecule has 13 nitrogen and oxygen atoms in total. The second kappa shape index (κ2) is 12.9. The molecule has 0 radical (unpaired) electrons. The molecule has 224 valence electrons. The second-order valence-corrected chi connectivity index (χ2v) is 12.3. The molecule has 2 fully saturated rings. The van der Waals surface area contributed by atoms with E-state index in [0.29, 0.717) is 88.3 Å².